The summed E-state index contributed by atoms with van der Waals surface area (Å²) in [5.74, 6) is 2.54. The predicted molar refractivity (Wildman–Crippen MR) is 99.0 cm³/mol. The van der Waals surface area contributed by atoms with Crippen molar-refractivity contribution in [3.05, 3.63) is 30.3 Å². The van der Waals surface area contributed by atoms with Gasteiger partial charge in [0.1, 0.15) is 0 Å². The number of piperidine rings is 1. The van der Waals surface area contributed by atoms with Crippen LogP contribution in [0.2, 0.25) is 0 Å². The molecule has 5 heteroatoms. The molecular formula is C15H24IN3S. The highest BCUT2D eigenvalue weighted by atomic mass is 127. The molecule has 112 valence electrons. The van der Waals surface area contributed by atoms with Gasteiger partial charge in [0, 0.05) is 23.7 Å². The summed E-state index contributed by atoms with van der Waals surface area (Å²) in [5, 5.41) is 0. The Balaban J connectivity index is 0.00000200. The van der Waals surface area contributed by atoms with Gasteiger partial charge in [-0.15, -0.1) is 35.7 Å². The summed E-state index contributed by atoms with van der Waals surface area (Å²) in [6.07, 6.45) is 2.46. The fourth-order valence-corrected chi connectivity index (χ4v) is 2.95. The lowest BCUT2D eigenvalue weighted by molar-refractivity contribution is 0.278. The predicted octanol–water partition coefficient (Wildman–Crippen LogP) is 3.44. The number of rotatable bonds is 4. The molecule has 1 aliphatic rings. The molecule has 1 aliphatic heterocycles. The molecule has 1 aromatic carbocycles. The molecular weight excluding hydrogens is 381 g/mol. The van der Waals surface area contributed by atoms with E-state index in [0.717, 1.165) is 37.3 Å². The monoisotopic (exact) mass is 405 g/mol. The van der Waals surface area contributed by atoms with Crippen LogP contribution in [0, 0.1) is 5.92 Å². The number of thioether (sulfide) groups is 1. The minimum atomic E-state index is 0. The molecule has 2 N–H and O–H groups in total. The van der Waals surface area contributed by atoms with Crippen LogP contribution in [-0.2, 0) is 0 Å². The quantitative estimate of drug-likeness (QED) is 0.274. The zero-order valence-electron chi connectivity index (χ0n) is 12.0. The molecule has 0 unspecified atom stereocenters. The molecule has 3 nitrogen and oxygen atoms in total. The third kappa shape index (κ3) is 5.91. The van der Waals surface area contributed by atoms with Crippen LogP contribution in [0.1, 0.15) is 19.8 Å². The van der Waals surface area contributed by atoms with Crippen LogP contribution in [0.15, 0.2) is 40.2 Å². The zero-order chi connectivity index (χ0) is 13.5. The largest absolute Gasteiger partial charge is 0.370 e. The van der Waals surface area contributed by atoms with Crippen molar-refractivity contribution < 1.29 is 0 Å². The summed E-state index contributed by atoms with van der Waals surface area (Å²) in [6.45, 7) is 5.21. The van der Waals surface area contributed by atoms with E-state index in [1.54, 1.807) is 0 Å². The first-order chi connectivity index (χ1) is 9.25. The van der Waals surface area contributed by atoms with E-state index in [-0.39, 0.29) is 24.0 Å². The summed E-state index contributed by atoms with van der Waals surface area (Å²) in [6, 6.07) is 10.4. The van der Waals surface area contributed by atoms with Gasteiger partial charge in [-0.2, -0.15) is 0 Å². The molecule has 0 atom stereocenters. The van der Waals surface area contributed by atoms with Crippen molar-refractivity contribution in [2.24, 2.45) is 16.6 Å². The van der Waals surface area contributed by atoms with Crippen LogP contribution >= 0.6 is 35.7 Å². The maximum atomic E-state index is 6.04. The molecule has 0 aromatic heterocycles. The molecule has 1 saturated heterocycles. The van der Waals surface area contributed by atoms with Gasteiger partial charge in [0.15, 0.2) is 5.96 Å². The van der Waals surface area contributed by atoms with E-state index in [1.165, 1.54) is 17.7 Å². The van der Waals surface area contributed by atoms with E-state index in [1.807, 2.05) is 17.8 Å². The van der Waals surface area contributed by atoms with Crippen molar-refractivity contribution in [2.75, 3.05) is 25.4 Å². The third-order valence-electron chi connectivity index (χ3n) is 3.48. The van der Waals surface area contributed by atoms with Crippen LogP contribution in [-0.4, -0.2) is 36.2 Å². The molecule has 0 amide bonds. The van der Waals surface area contributed by atoms with Gasteiger partial charge in [0.2, 0.25) is 0 Å². The molecule has 1 aromatic rings. The summed E-state index contributed by atoms with van der Waals surface area (Å²) >= 11 is 1.83. The van der Waals surface area contributed by atoms with Crippen molar-refractivity contribution in [1.29, 1.82) is 0 Å². The highest BCUT2D eigenvalue weighted by molar-refractivity contribution is 14.0. The summed E-state index contributed by atoms with van der Waals surface area (Å²) in [5.41, 5.74) is 6.04. The van der Waals surface area contributed by atoms with Gasteiger partial charge in [-0.25, -0.2) is 0 Å². The van der Waals surface area contributed by atoms with Gasteiger partial charge < -0.3 is 10.6 Å². The molecule has 0 spiro atoms. The molecule has 2 rings (SSSR count). The lowest BCUT2D eigenvalue weighted by Gasteiger charge is -2.31. The third-order valence-corrected chi connectivity index (χ3v) is 4.48. The van der Waals surface area contributed by atoms with Gasteiger partial charge in [-0.1, -0.05) is 25.1 Å². The number of hydrogen-bond acceptors (Lipinski definition) is 2. The molecule has 1 fully saturated rings. The van der Waals surface area contributed by atoms with Crippen molar-refractivity contribution in [3.63, 3.8) is 0 Å². The van der Waals surface area contributed by atoms with E-state index in [0.29, 0.717) is 0 Å². The summed E-state index contributed by atoms with van der Waals surface area (Å²) < 4.78 is 0. The number of likely N-dealkylation sites (tertiary alicyclic amines) is 1. The number of nitrogens with two attached hydrogens (primary N) is 1. The summed E-state index contributed by atoms with van der Waals surface area (Å²) in [7, 11) is 0. The van der Waals surface area contributed by atoms with Gasteiger partial charge in [0.25, 0.3) is 0 Å². The Morgan fingerprint density at radius 1 is 1.30 bits per heavy atom. The Morgan fingerprint density at radius 2 is 1.95 bits per heavy atom. The Kier molecular flexibility index (Phi) is 8.37. The standard InChI is InChI=1S/C15H23N3S.HI/c1-13-7-10-18(11-8-13)15(16)17-9-12-19-14-5-3-2-4-6-14;/h2-6,13H,7-12H2,1H3,(H2,16,17);1H. The van der Waals surface area contributed by atoms with Crippen LogP contribution in [0.5, 0.6) is 0 Å². The van der Waals surface area contributed by atoms with Crippen molar-refractivity contribution in [2.45, 2.75) is 24.7 Å². The lowest BCUT2D eigenvalue weighted by atomic mass is 10.00. The average molecular weight is 405 g/mol. The number of hydrogen-bond donors (Lipinski definition) is 1. The van der Waals surface area contributed by atoms with Crippen LogP contribution in [0.25, 0.3) is 0 Å². The molecule has 0 radical (unpaired) electrons. The average Bonchev–Trinajstić information content (AvgIpc) is 2.45. The van der Waals surface area contributed by atoms with E-state index >= 15 is 0 Å². The second kappa shape index (κ2) is 9.50. The normalized spacial score (nSPS) is 16.9. The highest BCUT2D eigenvalue weighted by Gasteiger charge is 2.16. The van der Waals surface area contributed by atoms with Crippen molar-refractivity contribution in [3.8, 4) is 0 Å². The van der Waals surface area contributed by atoms with Gasteiger partial charge in [0.05, 0.1) is 6.54 Å². The van der Waals surface area contributed by atoms with E-state index < -0.39 is 0 Å². The summed E-state index contributed by atoms with van der Waals surface area (Å²) in [4.78, 5) is 8.00. The van der Waals surface area contributed by atoms with Crippen molar-refractivity contribution in [1.82, 2.24) is 4.90 Å². The number of benzene rings is 1. The van der Waals surface area contributed by atoms with Gasteiger partial charge in [-0.05, 0) is 30.9 Å². The number of guanidine groups is 1. The molecule has 0 saturated carbocycles. The van der Waals surface area contributed by atoms with Gasteiger partial charge >= 0.3 is 0 Å². The van der Waals surface area contributed by atoms with Crippen LogP contribution in [0.4, 0.5) is 0 Å². The van der Waals surface area contributed by atoms with E-state index in [9.17, 15) is 0 Å². The van der Waals surface area contributed by atoms with E-state index in [4.69, 9.17) is 5.73 Å². The fourth-order valence-electron chi connectivity index (χ4n) is 2.18. The topological polar surface area (TPSA) is 41.6 Å². The zero-order valence-corrected chi connectivity index (χ0v) is 15.1. The number of aliphatic imine (C=N–C) groups is 1. The molecule has 0 aliphatic carbocycles. The van der Waals surface area contributed by atoms with Crippen LogP contribution in [0.3, 0.4) is 0 Å². The Labute approximate surface area is 143 Å². The maximum Gasteiger partial charge on any atom is 0.191 e. The lowest BCUT2D eigenvalue weighted by Crippen LogP contribution is -2.42. The first-order valence-electron chi connectivity index (χ1n) is 6.98. The minimum Gasteiger partial charge on any atom is -0.370 e. The Bertz CT molecular complexity index is 403. The highest BCUT2D eigenvalue weighted by Crippen LogP contribution is 2.17. The second-order valence-electron chi connectivity index (χ2n) is 5.07. The minimum absolute atomic E-state index is 0. The smallest absolute Gasteiger partial charge is 0.191 e. The van der Waals surface area contributed by atoms with Crippen LogP contribution < -0.4 is 5.73 Å². The molecule has 1 heterocycles. The van der Waals surface area contributed by atoms with Crippen molar-refractivity contribution >= 4 is 41.7 Å². The molecule has 20 heavy (non-hydrogen) atoms. The Hall–Kier alpha value is -0.430. The first kappa shape index (κ1) is 17.6. The maximum absolute atomic E-state index is 6.04. The SMILES string of the molecule is CC1CCN(C(N)=NCCSc2ccccc2)CC1.I. The molecule has 0 bridgehead atoms. The fraction of sp³-hybridized carbons (Fsp3) is 0.533. The van der Waals surface area contributed by atoms with Gasteiger partial charge in [-0.3, -0.25) is 4.99 Å². The first-order valence-corrected chi connectivity index (χ1v) is 7.97. The van der Waals surface area contributed by atoms with E-state index in [2.05, 4.69) is 41.1 Å². The number of halogens is 1. The Morgan fingerprint density at radius 3 is 2.60 bits per heavy atom. The number of nitrogens with zero attached hydrogens (tertiary/aromatic N) is 2. The second-order valence-corrected chi connectivity index (χ2v) is 6.24.